The van der Waals surface area contributed by atoms with Gasteiger partial charge in [-0.05, 0) is 25.7 Å². The first kappa shape index (κ1) is 17.2. The van der Waals surface area contributed by atoms with Gasteiger partial charge >= 0.3 is 0 Å². The smallest absolute Gasteiger partial charge is 0.223 e. The summed E-state index contributed by atoms with van der Waals surface area (Å²) in [6.07, 6.45) is 9.32. The summed E-state index contributed by atoms with van der Waals surface area (Å²) in [6.45, 7) is 3.29. The minimum Gasteiger partial charge on any atom is -0.389 e. The summed E-state index contributed by atoms with van der Waals surface area (Å²) in [5.74, 6) is 0.345. The van der Waals surface area contributed by atoms with Crippen molar-refractivity contribution >= 4 is 5.91 Å². The molecule has 3 fully saturated rings. The van der Waals surface area contributed by atoms with E-state index >= 15 is 0 Å². The van der Waals surface area contributed by atoms with Gasteiger partial charge in [0.25, 0.3) is 0 Å². The fraction of sp³-hybridized carbons (Fsp3) is 0.944. The maximum atomic E-state index is 12.6. The molecule has 3 aliphatic rings. The Morgan fingerprint density at radius 3 is 2.35 bits per heavy atom. The number of aliphatic hydroxyl groups excluding tert-OH is 1. The summed E-state index contributed by atoms with van der Waals surface area (Å²) in [6, 6.07) is 0.0813. The normalized spacial score (nSPS) is 34.7. The van der Waals surface area contributed by atoms with Crippen molar-refractivity contribution in [2.45, 2.75) is 76.0 Å². The van der Waals surface area contributed by atoms with E-state index in [1.165, 1.54) is 19.3 Å². The molecule has 0 aromatic heterocycles. The Labute approximate surface area is 139 Å². The highest BCUT2D eigenvalue weighted by molar-refractivity contribution is 5.79. The lowest BCUT2D eigenvalue weighted by atomic mass is 9.88. The predicted octanol–water partition coefficient (Wildman–Crippen LogP) is 1.69. The Hall–Kier alpha value is -0.650. The van der Waals surface area contributed by atoms with Crippen LogP contribution >= 0.6 is 0 Å². The Balaban J connectivity index is 1.59. The SMILES string of the molecule is O=C(N[C@@H]1CCCC[C@@H](N2CCOCC2)[C@@H]1O)C1CCCCC1. The minimum absolute atomic E-state index is 0.0835. The van der Waals surface area contributed by atoms with Crippen LogP contribution in [0.4, 0.5) is 0 Å². The van der Waals surface area contributed by atoms with Gasteiger partial charge in [0, 0.05) is 25.0 Å². The van der Waals surface area contributed by atoms with Gasteiger partial charge in [-0.1, -0.05) is 32.1 Å². The largest absolute Gasteiger partial charge is 0.389 e. The summed E-state index contributed by atoms with van der Waals surface area (Å²) in [4.78, 5) is 14.9. The number of carbonyl (C=O) groups excluding carboxylic acids is 1. The van der Waals surface area contributed by atoms with Crippen molar-refractivity contribution in [2.24, 2.45) is 5.92 Å². The lowest BCUT2D eigenvalue weighted by Crippen LogP contribution is -2.56. The van der Waals surface area contributed by atoms with E-state index in [1.54, 1.807) is 0 Å². The molecule has 0 radical (unpaired) electrons. The minimum atomic E-state index is -0.455. The molecule has 2 saturated carbocycles. The first-order chi connectivity index (χ1) is 11.3. The molecule has 132 valence electrons. The lowest BCUT2D eigenvalue weighted by Gasteiger charge is -2.39. The van der Waals surface area contributed by atoms with Crippen molar-refractivity contribution in [3.05, 3.63) is 0 Å². The van der Waals surface area contributed by atoms with Crippen LogP contribution in [0.3, 0.4) is 0 Å². The number of amides is 1. The Morgan fingerprint density at radius 2 is 1.61 bits per heavy atom. The molecule has 1 saturated heterocycles. The first-order valence-corrected chi connectivity index (χ1v) is 9.56. The van der Waals surface area contributed by atoms with E-state index in [-0.39, 0.29) is 23.9 Å². The van der Waals surface area contributed by atoms with Crippen LogP contribution in [0.15, 0.2) is 0 Å². The molecule has 1 amide bonds. The highest BCUT2D eigenvalue weighted by atomic mass is 16.5. The molecule has 1 heterocycles. The molecule has 0 aromatic rings. The molecule has 3 rings (SSSR count). The van der Waals surface area contributed by atoms with Crippen LogP contribution in [0.2, 0.25) is 0 Å². The van der Waals surface area contributed by atoms with Gasteiger partial charge < -0.3 is 15.2 Å². The van der Waals surface area contributed by atoms with Crippen LogP contribution in [0, 0.1) is 5.92 Å². The van der Waals surface area contributed by atoms with E-state index in [0.29, 0.717) is 0 Å². The average Bonchev–Trinajstić information content (AvgIpc) is 2.78. The Kier molecular flexibility index (Phi) is 6.31. The quantitative estimate of drug-likeness (QED) is 0.776. The number of nitrogens with one attached hydrogen (secondary N) is 1. The van der Waals surface area contributed by atoms with Gasteiger partial charge in [0.2, 0.25) is 5.91 Å². The van der Waals surface area contributed by atoms with Crippen LogP contribution in [-0.2, 0) is 9.53 Å². The van der Waals surface area contributed by atoms with Crippen LogP contribution in [0.25, 0.3) is 0 Å². The molecule has 0 bridgehead atoms. The monoisotopic (exact) mass is 324 g/mol. The molecule has 0 aromatic carbocycles. The molecule has 5 nitrogen and oxygen atoms in total. The third-order valence-corrected chi connectivity index (χ3v) is 5.89. The van der Waals surface area contributed by atoms with E-state index in [4.69, 9.17) is 4.74 Å². The highest BCUT2D eigenvalue weighted by Gasteiger charge is 2.36. The highest BCUT2D eigenvalue weighted by Crippen LogP contribution is 2.27. The van der Waals surface area contributed by atoms with Crippen LogP contribution in [-0.4, -0.2) is 60.4 Å². The fourth-order valence-electron chi connectivity index (χ4n) is 4.46. The average molecular weight is 324 g/mol. The summed E-state index contributed by atoms with van der Waals surface area (Å²) in [7, 11) is 0. The number of nitrogens with zero attached hydrogens (tertiary/aromatic N) is 1. The second-order valence-corrected chi connectivity index (χ2v) is 7.44. The lowest BCUT2D eigenvalue weighted by molar-refractivity contribution is -0.128. The number of hydrogen-bond donors (Lipinski definition) is 2. The standard InChI is InChI=1S/C18H32N2O3/c21-17-15(19-18(22)14-6-2-1-3-7-14)8-4-5-9-16(17)20-10-12-23-13-11-20/h14-17,21H,1-13H2,(H,19,22)/t15-,16-,17-/m1/s1. The van der Waals surface area contributed by atoms with E-state index in [9.17, 15) is 9.90 Å². The van der Waals surface area contributed by atoms with Crippen molar-refractivity contribution in [3.8, 4) is 0 Å². The van der Waals surface area contributed by atoms with Crippen LogP contribution < -0.4 is 5.32 Å². The topological polar surface area (TPSA) is 61.8 Å². The molecular weight excluding hydrogens is 292 g/mol. The third-order valence-electron chi connectivity index (χ3n) is 5.89. The van der Waals surface area contributed by atoms with E-state index in [1.807, 2.05) is 0 Å². The number of aliphatic hydroxyl groups is 1. The maximum Gasteiger partial charge on any atom is 0.223 e. The van der Waals surface area contributed by atoms with Gasteiger partial charge in [0.05, 0.1) is 25.4 Å². The number of rotatable bonds is 3. The molecule has 1 aliphatic heterocycles. The van der Waals surface area contributed by atoms with Gasteiger partial charge in [-0.15, -0.1) is 0 Å². The summed E-state index contributed by atoms with van der Waals surface area (Å²) in [5.41, 5.74) is 0. The number of ether oxygens (including phenoxy) is 1. The van der Waals surface area contributed by atoms with Crippen molar-refractivity contribution in [1.29, 1.82) is 0 Å². The molecular formula is C18H32N2O3. The van der Waals surface area contributed by atoms with Gasteiger partial charge in [0.1, 0.15) is 0 Å². The van der Waals surface area contributed by atoms with E-state index in [0.717, 1.165) is 64.8 Å². The Bertz CT molecular complexity index is 378. The van der Waals surface area contributed by atoms with Crippen molar-refractivity contribution < 1.29 is 14.6 Å². The molecule has 2 N–H and O–H groups in total. The van der Waals surface area contributed by atoms with Gasteiger partial charge in [-0.2, -0.15) is 0 Å². The van der Waals surface area contributed by atoms with Crippen molar-refractivity contribution in [2.75, 3.05) is 26.3 Å². The molecule has 2 aliphatic carbocycles. The van der Waals surface area contributed by atoms with Crippen LogP contribution in [0.5, 0.6) is 0 Å². The van der Waals surface area contributed by atoms with E-state index in [2.05, 4.69) is 10.2 Å². The zero-order valence-electron chi connectivity index (χ0n) is 14.2. The summed E-state index contributed by atoms with van der Waals surface area (Å²) >= 11 is 0. The van der Waals surface area contributed by atoms with E-state index < -0.39 is 6.10 Å². The number of hydrogen-bond acceptors (Lipinski definition) is 4. The number of carbonyl (C=O) groups is 1. The molecule has 23 heavy (non-hydrogen) atoms. The van der Waals surface area contributed by atoms with Gasteiger partial charge in [-0.3, -0.25) is 9.69 Å². The Morgan fingerprint density at radius 1 is 0.957 bits per heavy atom. The second kappa shape index (κ2) is 8.45. The van der Waals surface area contributed by atoms with Gasteiger partial charge in [0.15, 0.2) is 0 Å². The molecule has 5 heteroatoms. The zero-order valence-corrected chi connectivity index (χ0v) is 14.2. The summed E-state index contributed by atoms with van der Waals surface area (Å²) in [5, 5.41) is 14.1. The van der Waals surface area contributed by atoms with Crippen LogP contribution in [0.1, 0.15) is 57.8 Å². The van der Waals surface area contributed by atoms with Crippen molar-refractivity contribution in [3.63, 3.8) is 0 Å². The van der Waals surface area contributed by atoms with Gasteiger partial charge in [-0.25, -0.2) is 0 Å². The summed E-state index contributed by atoms with van der Waals surface area (Å²) < 4.78 is 5.43. The predicted molar refractivity (Wildman–Crippen MR) is 89.2 cm³/mol. The number of morpholine rings is 1. The molecule has 0 spiro atoms. The first-order valence-electron chi connectivity index (χ1n) is 9.56. The third kappa shape index (κ3) is 4.46. The molecule has 0 unspecified atom stereocenters. The maximum absolute atomic E-state index is 12.6. The zero-order chi connectivity index (χ0) is 16.1. The fourth-order valence-corrected chi connectivity index (χ4v) is 4.46. The van der Waals surface area contributed by atoms with Crippen molar-refractivity contribution in [1.82, 2.24) is 10.2 Å². The molecule has 3 atom stereocenters. The second-order valence-electron chi connectivity index (χ2n) is 7.44.